The minimum absolute atomic E-state index is 0.0571. The Balaban J connectivity index is 3.69. The second kappa shape index (κ2) is 31.4. The highest BCUT2D eigenvalue weighted by molar-refractivity contribution is 5.98. The van der Waals surface area contributed by atoms with Gasteiger partial charge in [-0.1, -0.05) is 20.3 Å². The van der Waals surface area contributed by atoms with Crippen molar-refractivity contribution in [2.24, 2.45) is 40.3 Å². The summed E-state index contributed by atoms with van der Waals surface area (Å²) in [5, 5.41) is 44.8. The summed E-state index contributed by atoms with van der Waals surface area (Å²) in [5.41, 5.74) is 34.2. The molecule has 0 aromatic heterocycles. The molecule has 1 aliphatic rings. The molecule has 382 valence electrons. The SMILES string of the molecule is CC[C@H](C)[C@@H]1NC(=O)CNC(=O)[C@H](CCN)NC(=O)[C@@H](NC(=O)[C@H](CCN)NC(=O)[C@H](CO)NC(=O)[C@@H](N)CCN)CCNC(=O)[C@H]([C@@H](C)O)NC(=O)[C@H](CCN)NC(=O)[C@H](CCN)NC1=O. The van der Waals surface area contributed by atoms with Crippen molar-refractivity contribution in [2.45, 2.75) is 126 Å². The molecule has 28 nitrogen and oxygen atoms in total. The number of nitrogens with one attached hydrogen (secondary N) is 10. The Kier molecular flexibility index (Phi) is 27.8. The molecule has 0 radical (unpaired) electrons. The number of carbonyl (C=O) groups excluding carboxylic acids is 10. The van der Waals surface area contributed by atoms with Crippen LogP contribution in [0.2, 0.25) is 0 Å². The lowest BCUT2D eigenvalue weighted by Crippen LogP contribution is -2.61. The van der Waals surface area contributed by atoms with Crippen LogP contribution >= 0.6 is 0 Å². The molecule has 1 heterocycles. The standard InChI is InChI=1S/C39H74N16O12/c1-4-19(2)29-39(67)52-24(8-14-43)34(62)49-25(9-15-44)36(64)55-30(20(3)57)38(66)46-16-10-26(35(63)48-22(6-12-41)32(60)47-17-28(58)54-29)51-33(61)23(7-13-42)50-37(65)27(18-56)53-31(59)21(45)5-11-40/h19-27,29-30,56-57H,4-18,40-45H2,1-3H3,(H,46,66)(H,47,60)(H,48,63)(H,49,62)(H,50,65)(H,51,61)(H,52,67)(H,53,59)(H,54,58)(H,55,64)/t19-,20+,21-,22-,23-,24-,25-,26-,27-,29-,30-/m0/s1. The van der Waals surface area contributed by atoms with Gasteiger partial charge >= 0.3 is 0 Å². The fourth-order valence-corrected chi connectivity index (χ4v) is 6.47. The monoisotopic (exact) mass is 959 g/mol. The van der Waals surface area contributed by atoms with Crippen molar-refractivity contribution in [3.05, 3.63) is 0 Å². The zero-order valence-electron chi connectivity index (χ0n) is 38.4. The number of amides is 10. The maximum Gasteiger partial charge on any atom is 0.245 e. The first kappa shape index (κ1) is 59.4. The van der Waals surface area contributed by atoms with Crippen molar-refractivity contribution in [1.29, 1.82) is 0 Å². The summed E-state index contributed by atoms with van der Waals surface area (Å²) in [6.07, 6.45) is -2.18. The molecule has 24 N–H and O–H groups in total. The van der Waals surface area contributed by atoms with Crippen molar-refractivity contribution >= 4 is 59.1 Å². The van der Waals surface area contributed by atoms with Crippen LogP contribution in [0.25, 0.3) is 0 Å². The highest BCUT2D eigenvalue weighted by Gasteiger charge is 2.35. The van der Waals surface area contributed by atoms with Crippen molar-refractivity contribution in [3.8, 4) is 0 Å². The second-order valence-electron chi connectivity index (χ2n) is 16.0. The average molecular weight is 959 g/mol. The van der Waals surface area contributed by atoms with Crippen LogP contribution in [0.1, 0.15) is 65.7 Å². The normalized spacial score (nSPS) is 24.3. The molecule has 0 spiro atoms. The van der Waals surface area contributed by atoms with Gasteiger partial charge in [-0.25, -0.2) is 0 Å². The lowest BCUT2D eigenvalue weighted by molar-refractivity contribution is -0.136. The number of rotatable bonds is 20. The summed E-state index contributed by atoms with van der Waals surface area (Å²) < 4.78 is 0. The van der Waals surface area contributed by atoms with Gasteiger partial charge in [-0.15, -0.1) is 0 Å². The number of aliphatic hydroxyl groups excluding tert-OH is 2. The first-order chi connectivity index (χ1) is 31.7. The maximum atomic E-state index is 14.0. The van der Waals surface area contributed by atoms with Gasteiger partial charge in [-0.2, -0.15) is 0 Å². The third kappa shape index (κ3) is 20.4. The van der Waals surface area contributed by atoms with Gasteiger partial charge in [-0.3, -0.25) is 47.9 Å². The Morgan fingerprint density at radius 3 is 1.67 bits per heavy atom. The summed E-state index contributed by atoms with van der Waals surface area (Å²) in [6.45, 7) is 2.07. The Morgan fingerprint density at radius 2 is 1.15 bits per heavy atom. The molecule has 67 heavy (non-hydrogen) atoms. The number of carbonyl (C=O) groups is 10. The van der Waals surface area contributed by atoms with Gasteiger partial charge in [0.25, 0.3) is 0 Å². The fraction of sp³-hybridized carbons (Fsp3) is 0.744. The summed E-state index contributed by atoms with van der Waals surface area (Å²) in [5.74, 6) is -9.61. The lowest BCUT2D eigenvalue weighted by Gasteiger charge is -2.28. The minimum Gasteiger partial charge on any atom is -0.394 e. The number of hydrogen-bond acceptors (Lipinski definition) is 18. The molecule has 0 aromatic carbocycles. The van der Waals surface area contributed by atoms with Gasteiger partial charge in [0, 0.05) is 6.54 Å². The summed E-state index contributed by atoms with van der Waals surface area (Å²) in [6, 6.07) is -12.8. The summed E-state index contributed by atoms with van der Waals surface area (Å²) >= 11 is 0. The first-order valence-electron chi connectivity index (χ1n) is 22.3. The van der Waals surface area contributed by atoms with Crippen molar-refractivity contribution in [3.63, 3.8) is 0 Å². The highest BCUT2D eigenvalue weighted by Crippen LogP contribution is 2.10. The number of aliphatic hydroxyl groups is 2. The summed E-state index contributed by atoms with van der Waals surface area (Å²) in [4.78, 5) is 134. The van der Waals surface area contributed by atoms with E-state index >= 15 is 0 Å². The van der Waals surface area contributed by atoms with Gasteiger partial charge in [-0.05, 0) is 84.1 Å². The maximum absolute atomic E-state index is 14.0. The Hall–Kier alpha value is -5.62. The third-order valence-corrected chi connectivity index (χ3v) is 10.6. The zero-order valence-corrected chi connectivity index (χ0v) is 38.4. The molecular formula is C39H74N16O12. The molecule has 0 bridgehead atoms. The molecule has 28 heteroatoms. The molecule has 0 saturated carbocycles. The molecule has 1 aliphatic heterocycles. The van der Waals surface area contributed by atoms with Crippen LogP contribution in [0.5, 0.6) is 0 Å². The van der Waals surface area contributed by atoms with E-state index < -0.39 is 152 Å². The van der Waals surface area contributed by atoms with Crippen LogP contribution in [0.3, 0.4) is 0 Å². The van der Waals surface area contributed by atoms with E-state index in [2.05, 4.69) is 53.2 Å². The van der Waals surface area contributed by atoms with Crippen molar-refractivity contribution in [1.82, 2.24) is 53.2 Å². The predicted octanol–water partition coefficient (Wildman–Crippen LogP) is -10.0. The smallest absolute Gasteiger partial charge is 0.245 e. The van der Waals surface area contributed by atoms with E-state index in [4.69, 9.17) is 34.4 Å². The van der Waals surface area contributed by atoms with Crippen molar-refractivity contribution < 1.29 is 58.2 Å². The van der Waals surface area contributed by atoms with E-state index in [1.165, 1.54) is 6.92 Å². The van der Waals surface area contributed by atoms with Crippen LogP contribution < -0.4 is 87.6 Å². The fourth-order valence-electron chi connectivity index (χ4n) is 6.47. The topological polar surface area (TPSA) is 488 Å². The van der Waals surface area contributed by atoms with E-state index in [-0.39, 0.29) is 64.8 Å². The van der Waals surface area contributed by atoms with Crippen LogP contribution in [0.4, 0.5) is 0 Å². The molecule has 11 atom stereocenters. The first-order valence-corrected chi connectivity index (χ1v) is 22.3. The van der Waals surface area contributed by atoms with E-state index in [0.717, 1.165) is 0 Å². The van der Waals surface area contributed by atoms with Gasteiger partial charge in [0.05, 0.1) is 25.3 Å². The molecule has 1 fully saturated rings. The second-order valence-corrected chi connectivity index (χ2v) is 16.0. The molecule has 1 saturated heterocycles. The van der Waals surface area contributed by atoms with E-state index in [1.807, 2.05) is 0 Å². The molecule has 1 rings (SSSR count). The average Bonchev–Trinajstić information content (AvgIpc) is 3.28. The number of hydrogen-bond donors (Lipinski definition) is 18. The Labute approximate surface area is 388 Å². The van der Waals surface area contributed by atoms with Crippen LogP contribution in [-0.4, -0.2) is 182 Å². The van der Waals surface area contributed by atoms with Crippen LogP contribution in [0.15, 0.2) is 0 Å². The van der Waals surface area contributed by atoms with Gasteiger partial charge in [0.1, 0.15) is 48.3 Å². The summed E-state index contributed by atoms with van der Waals surface area (Å²) in [7, 11) is 0. The quantitative estimate of drug-likeness (QED) is 0.0539. The van der Waals surface area contributed by atoms with Crippen molar-refractivity contribution in [2.75, 3.05) is 52.4 Å². The molecular weight excluding hydrogens is 885 g/mol. The predicted molar refractivity (Wildman–Crippen MR) is 241 cm³/mol. The van der Waals surface area contributed by atoms with Crippen LogP contribution in [-0.2, 0) is 47.9 Å². The van der Waals surface area contributed by atoms with E-state index in [9.17, 15) is 58.2 Å². The zero-order chi connectivity index (χ0) is 50.8. The molecule has 0 aliphatic carbocycles. The Bertz CT molecular complexity index is 1680. The molecule has 0 aromatic rings. The van der Waals surface area contributed by atoms with Gasteiger partial charge < -0.3 is 97.8 Å². The molecule has 0 unspecified atom stereocenters. The lowest BCUT2D eigenvalue weighted by atomic mass is 9.97. The van der Waals surface area contributed by atoms with Crippen LogP contribution in [0, 0.1) is 5.92 Å². The Morgan fingerprint density at radius 1 is 0.627 bits per heavy atom. The molecule has 10 amide bonds. The highest BCUT2D eigenvalue weighted by atomic mass is 16.3. The van der Waals surface area contributed by atoms with Gasteiger partial charge in [0.15, 0.2) is 0 Å². The third-order valence-electron chi connectivity index (χ3n) is 10.6. The van der Waals surface area contributed by atoms with E-state index in [0.29, 0.717) is 6.42 Å². The number of nitrogens with two attached hydrogens (primary N) is 6. The largest absolute Gasteiger partial charge is 0.394 e. The van der Waals surface area contributed by atoms with Gasteiger partial charge in [0.2, 0.25) is 59.1 Å². The minimum atomic E-state index is -1.65. The van der Waals surface area contributed by atoms with E-state index in [1.54, 1.807) is 13.8 Å².